The van der Waals surface area contributed by atoms with Crippen molar-refractivity contribution >= 4 is 35.1 Å². The molecule has 138 valence electrons. The number of aromatic nitrogens is 1. The molecule has 0 fully saturated rings. The number of rotatable bonds is 8. The zero-order valence-electron chi connectivity index (χ0n) is 13.8. The Kier molecular flexibility index (Phi) is 7.59. The first-order valence-electron chi connectivity index (χ1n) is 7.68. The van der Waals surface area contributed by atoms with Crippen LogP contribution in [-0.2, 0) is 11.3 Å². The topological polar surface area (TPSA) is 133 Å². The molecule has 1 atom stereocenters. The molecule has 2 aromatic rings. The van der Waals surface area contributed by atoms with E-state index in [1.165, 1.54) is 22.8 Å². The van der Waals surface area contributed by atoms with Crippen LogP contribution in [0.25, 0.3) is 11.1 Å². The van der Waals surface area contributed by atoms with Crippen molar-refractivity contribution in [2.75, 3.05) is 6.54 Å². The maximum Gasteiger partial charge on any atom is 0.419 e. The van der Waals surface area contributed by atoms with Crippen LogP contribution in [0.15, 0.2) is 27.4 Å². The zero-order chi connectivity index (χ0) is 17.7. The number of nitrogens with two attached hydrogens (primary N) is 1. The van der Waals surface area contributed by atoms with Gasteiger partial charge in [-0.1, -0.05) is 0 Å². The molecular weight excluding hydrogens is 352 g/mol. The Morgan fingerprint density at radius 1 is 1.48 bits per heavy atom. The highest BCUT2D eigenvalue weighted by Gasteiger charge is 2.14. The smallest absolute Gasteiger partial charge is 0.407 e. The van der Waals surface area contributed by atoms with Crippen molar-refractivity contribution < 1.29 is 14.1 Å². The maximum absolute atomic E-state index is 11.9. The molecule has 0 aliphatic carbocycles. The minimum absolute atomic E-state index is 0. The first kappa shape index (κ1) is 20.7. The summed E-state index contributed by atoms with van der Waals surface area (Å²) in [5.41, 5.74) is 6.10. The molecule has 0 aliphatic heterocycles. The fourth-order valence-electron chi connectivity index (χ4n) is 2.31. The van der Waals surface area contributed by atoms with Gasteiger partial charge in [-0.25, -0.2) is 4.79 Å². The van der Waals surface area contributed by atoms with Crippen LogP contribution in [0.4, 0.5) is 5.69 Å². The number of carbonyl (C=O) groups excluding carboxylic acids is 1. The lowest BCUT2D eigenvalue weighted by molar-refractivity contribution is -0.384. The number of nitro groups is 1. The fourth-order valence-corrected chi connectivity index (χ4v) is 2.31. The molecule has 1 amide bonds. The van der Waals surface area contributed by atoms with Crippen LogP contribution in [0.5, 0.6) is 0 Å². The van der Waals surface area contributed by atoms with Gasteiger partial charge in [0.05, 0.1) is 16.5 Å². The number of hydrogen-bond acceptors (Lipinski definition) is 6. The van der Waals surface area contributed by atoms with Crippen molar-refractivity contribution in [2.24, 2.45) is 5.73 Å². The third-order valence-corrected chi connectivity index (χ3v) is 3.57. The first-order chi connectivity index (χ1) is 11.4. The molecule has 10 heteroatoms. The van der Waals surface area contributed by atoms with E-state index in [9.17, 15) is 19.7 Å². The van der Waals surface area contributed by atoms with E-state index in [2.05, 4.69) is 5.32 Å². The average molecular weight is 373 g/mol. The molecule has 9 nitrogen and oxygen atoms in total. The van der Waals surface area contributed by atoms with Crippen molar-refractivity contribution in [1.82, 2.24) is 9.88 Å². The van der Waals surface area contributed by atoms with E-state index in [1.807, 2.05) is 6.92 Å². The lowest BCUT2D eigenvalue weighted by atomic mass is 10.2. The van der Waals surface area contributed by atoms with E-state index < -0.39 is 10.7 Å². The van der Waals surface area contributed by atoms with Gasteiger partial charge in [0, 0.05) is 31.6 Å². The van der Waals surface area contributed by atoms with Gasteiger partial charge < -0.3 is 15.5 Å². The molecule has 3 N–H and O–H groups in total. The molecule has 25 heavy (non-hydrogen) atoms. The highest BCUT2D eigenvalue weighted by atomic mass is 35.5. The standard InChI is InChI=1S/C15H20N4O5.ClH/c1-10(16)6-7-17-14(20)3-2-8-18-12-5-4-11(19(22)23)9-13(12)24-15(18)21;/h4-5,9-10H,2-3,6-8,16H2,1H3,(H,17,20);1H. The number of oxazole rings is 1. The summed E-state index contributed by atoms with van der Waals surface area (Å²) in [6, 6.07) is 4.04. The number of hydrogen-bond donors (Lipinski definition) is 2. The van der Waals surface area contributed by atoms with Crippen molar-refractivity contribution in [3.05, 3.63) is 38.9 Å². The second-order valence-electron chi connectivity index (χ2n) is 5.65. The molecule has 1 aromatic heterocycles. The number of amides is 1. The number of carbonyl (C=O) groups is 1. The van der Waals surface area contributed by atoms with Gasteiger partial charge >= 0.3 is 5.76 Å². The quantitative estimate of drug-likeness (QED) is 0.533. The molecular formula is C15H21ClN4O5. The summed E-state index contributed by atoms with van der Waals surface area (Å²) >= 11 is 0. The van der Waals surface area contributed by atoms with Gasteiger partial charge in [0.25, 0.3) is 5.69 Å². The predicted octanol–water partition coefficient (Wildman–Crippen LogP) is 1.56. The van der Waals surface area contributed by atoms with Gasteiger partial charge in [-0.3, -0.25) is 19.5 Å². The molecule has 2 rings (SSSR count). The van der Waals surface area contributed by atoms with Gasteiger partial charge in [0.15, 0.2) is 5.58 Å². The van der Waals surface area contributed by atoms with E-state index in [4.69, 9.17) is 10.2 Å². The molecule has 0 spiro atoms. The summed E-state index contributed by atoms with van der Waals surface area (Å²) in [5, 5.41) is 13.5. The predicted molar refractivity (Wildman–Crippen MR) is 94.9 cm³/mol. The summed E-state index contributed by atoms with van der Waals surface area (Å²) in [4.78, 5) is 33.7. The molecule has 0 radical (unpaired) electrons. The van der Waals surface area contributed by atoms with Gasteiger partial charge in [-0.15, -0.1) is 12.4 Å². The summed E-state index contributed by atoms with van der Waals surface area (Å²) in [5.74, 6) is -0.699. The van der Waals surface area contributed by atoms with Gasteiger partial charge in [-0.05, 0) is 25.8 Å². The van der Waals surface area contributed by atoms with E-state index >= 15 is 0 Å². The van der Waals surface area contributed by atoms with E-state index in [1.54, 1.807) is 0 Å². The highest BCUT2D eigenvalue weighted by Crippen LogP contribution is 2.20. The minimum atomic E-state index is -0.595. The second-order valence-corrected chi connectivity index (χ2v) is 5.65. The monoisotopic (exact) mass is 372 g/mol. The van der Waals surface area contributed by atoms with E-state index in [0.717, 1.165) is 0 Å². The molecule has 0 saturated carbocycles. The van der Waals surface area contributed by atoms with E-state index in [-0.39, 0.29) is 42.0 Å². The second kappa shape index (κ2) is 9.19. The lowest BCUT2D eigenvalue weighted by Gasteiger charge is -2.07. The number of nitrogens with one attached hydrogen (secondary N) is 1. The molecule has 0 saturated heterocycles. The van der Waals surface area contributed by atoms with Crippen molar-refractivity contribution in [3.8, 4) is 0 Å². The first-order valence-corrected chi connectivity index (χ1v) is 7.68. The van der Waals surface area contributed by atoms with Gasteiger partial charge in [0.1, 0.15) is 0 Å². The maximum atomic E-state index is 11.9. The Morgan fingerprint density at radius 3 is 2.84 bits per heavy atom. The summed E-state index contributed by atoms with van der Waals surface area (Å²) in [6.07, 6.45) is 1.43. The molecule has 0 aliphatic rings. The summed E-state index contributed by atoms with van der Waals surface area (Å²) in [6.45, 7) is 2.69. The number of nitrogens with zero attached hydrogens (tertiary/aromatic N) is 2. The third kappa shape index (κ3) is 5.57. The fraction of sp³-hybridized carbons (Fsp3) is 0.467. The number of benzene rings is 1. The molecule has 1 unspecified atom stereocenters. The Balaban J connectivity index is 0.00000312. The Hall–Kier alpha value is -2.39. The summed E-state index contributed by atoms with van der Waals surface area (Å²) in [7, 11) is 0. The Morgan fingerprint density at radius 2 is 2.20 bits per heavy atom. The highest BCUT2D eigenvalue weighted by molar-refractivity contribution is 5.85. The normalized spacial score (nSPS) is 11.8. The van der Waals surface area contributed by atoms with Crippen LogP contribution in [-0.4, -0.2) is 28.0 Å². The summed E-state index contributed by atoms with van der Waals surface area (Å²) < 4.78 is 6.40. The lowest BCUT2D eigenvalue weighted by Crippen LogP contribution is -2.29. The number of aryl methyl sites for hydroxylation is 1. The third-order valence-electron chi connectivity index (χ3n) is 3.57. The molecule has 0 bridgehead atoms. The van der Waals surface area contributed by atoms with Crippen molar-refractivity contribution in [1.29, 1.82) is 0 Å². The van der Waals surface area contributed by atoms with Gasteiger partial charge in [0.2, 0.25) is 5.91 Å². The molecule has 1 heterocycles. The van der Waals surface area contributed by atoms with Crippen molar-refractivity contribution in [2.45, 2.75) is 38.8 Å². The van der Waals surface area contributed by atoms with Crippen LogP contribution < -0.4 is 16.8 Å². The van der Waals surface area contributed by atoms with E-state index in [0.29, 0.717) is 31.4 Å². The largest absolute Gasteiger partial charge is 0.419 e. The number of fused-ring (bicyclic) bond motifs is 1. The molecule has 1 aromatic carbocycles. The Labute approximate surface area is 149 Å². The van der Waals surface area contributed by atoms with Crippen LogP contribution in [0.1, 0.15) is 26.2 Å². The van der Waals surface area contributed by atoms with Gasteiger partial charge in [-0.2, -0.15) is 0 Å². The van der Waals surface area contributed by atoms with Crippen LogP contribution in [0, 0.1) is 10.1 Å². The van der Waals surface area contributed by atoms with Crippen LogP contribution in [0.2, 0.25) is 0 Å². The minimum Gasteiger partial charge on any atom is -0.407 e. The Bertz CT molecular complexity index is 799. The number of nitro benzene ring substituents is 1. The van der Waals surface area contributed by atoms with Crippen LogP contribution in [0.3, 0.4) is 0 Å². The number of non-ortho nitro benzene ring substituents is 1. The van der Waals surface area contributed by atoms with Crippen molar-refractivity contribution in [3.63, 3.8) is 0 Å². The number of halogens is 1. The van der Waals surface area contributed by atoms with Crippen LogP contribution >= 0.6 is 12.4 Å². The average Bonchev–Trinajstić information content (AvgIpc) is 2.82. The zero-order valence-corrected chi connectivity index (χ0v) is 14.6. The SMILES string of the molecule is CC(N)CCNC(=O)CCCn1c(=O)oc2cc([N+](=O)[O-])ccc21.Cl.